The van der Waals surface area contributed by atoms with Crippen LogP contribution in [0.2, 0.25) is 0 Å². The molecule has 0 aromatic carbocycles. The van der Waals surface area contributed by atoms with E-state index in [0.717, 1.165) is 5.57 Å². The largest absolute Gasteiger partial charge is 0.479 e. The Morgan fingerprint density at radius 1 is 1.62 bits per heavy atom. The molecule has 2 aliphatic heterocycles. The first-order chi connectivity index (χ1) is 7.42. The van der Waals surface area contributed by atoms with Crippen molar-refractivity contribution in [1.82, 2.24) is 4.90 Å². The topological polar surface area (TPSA) is 70.0 Å². The van der Waals surface area contributed by atoms with Gasteiger partial charge in [-0.05, 0) is 31.6 Å². The summed E-state index contributed by atoms with van der Waals surface area (Å²) in [6, 6.07) is 0. The Labute approximate surface area is 92.8 Å². The van der Waals surface area contributed by atoms with Gasteiger partial charge in [0.15, 0.2) is 5.54 Å². The molecule has 0 spiro atoms. The standard InChI is InChI=1S/C11H12N2O3/c1-7-3-4-13-8(5-7)12-11(2,10(15)16)6-9(13)14/h3-5H,6H2,1-2H3,(H,15,16)/t11-/m1/s1. The minimum atomic E-state index is -1.34. The molecular weight excluding hydrogens is 208 g/mol. The lowest BCUT2D eigenvalue weighted by Gasteiger charge is -2.32. The van der Waals surface area contributed by atoms with Gasteiger partial charge in [-0.1, -0.05) is 0 Å². The molecule has 0 aliphatic carbocycles. The fourth-order valence-electron chi connectivity index (χ4n) is 1.68. The van der Waals surface area contributed by atoms with E-state index in [0.29, 0.717) is 5.84 Å². The van der Waals surface area contributed by atoms with Gasteiger partial charge in [-0.2, -0.15) is 0 Å². The minimum Gasteiger partial charge on any atom is -0.479 e. The molecule has 5 nitrogen and oxygen atoms in total. The van der Waals surface area contributed by atoms with Crippen molar-refractivity contribution in [2.75, 3.05) is 0 Å². The number of hydrogen-bond acceptors (Lipinski definition) is 3. The van der Waals surface area contributed by atoms with Crippen molar-refractivity contribution in [3.8, 4) is 0 Å². The average molecular weight is 220 g/mol. The highest BCUT2D eigenvalue weighted by molar-refractivity contribution is 6.11. The van der Waals surface area contributed by atoms with E-state index in [4.69, 9.17) is 5.11 Å². The number of aliphatic carboxylic acids is 1. The van der Waals surface area contributed by atoms with Crippen LogP contribution in [-0.4, -0.2) is 33.3 Å². The SMILES string of the molecule is CC1=CC2=N[C@@](C)(C(=O)O)CC(=O)N2C=C1. The van der Waals surface area contributed by atoms with Crippen molar-refractivity contribution in [1.29, 1.82) is 0 Å². The van der Waals surface area contributed by atoms with E-state index in [1.807, 2.05) is 6.92 Å². The predicted octanol–water partition coefficient (Wildman–Crippen LogP) is 0.934. The lowest BCUT2D eigenvalue weighted by Crippen LogP contribution is -2.48. The number of aliphatic imine (C=N–C) groups is 1. The third-order valence-electron chi connectivity index (χ3n) is 2.68. The molecule has 0 aromatic rings. The van der Waals surface area contributed by atoms with Gasteiger partial charge in [0.25, 0.3) is 0 Å². The van der Waals surface area contributed by atoms with Gasteiger partial charge >= 0.3 is 5.97 Å². The van der Waals surface area contributed by atoms with Crippen molar-refractivity contribution in [2.45, 2.75) is 25.8 Å². The number of allylic oxidation sites excluding steroid dienone is 2. The van der Waals surface area contributed by atoms with Crippen LogP contribution >= 0.6 is 0 Å². The maximum Gasteiger partial charge on any atom is 0.331 e. The predicted molar refractivity (Wildman–Crippen MR) is 57.8 cm³/mol. The van der Waals surface area contributed by atoms with Crippen LogP contribution < -0.4 is 0 Å². The maximum atomic E-state index is 11.8. The van der Waals surface area contributed by atoms with Gasteiger partial charge in [-0.25, -0.2) is 9.79 Å². The maximum absolute atomic E-state index is 11.8. The molecule has 2 rings (SSSR count). The third-order valence-corrected chi connectivity index (χ3v) is 2.68. The van der Waals surface area contributed by atoms with E-state index in [1.165, 1.54) is 11.8 Å². The quantitative estimate of drug-likeness (QED) is 0.714. The molecule has 0 bridgehead atoms. The minimum absolute atomic E-state index is 0.108. The monoisotopic (exact) mass is 220 g/mol. The summed E-state index contributed by atoms with van der Waals surface area (Å²) in [5.41, 5.74) is -0.400. The molecule has 1 amide bonds. The zero-order valence-corrected chi connectivity index (χ0v) is 9.10. The molecule has 0 radical (unpaired) electrons. The van der Waals surface area contributed by atoms with E-state index in [9.17, 15) is 9.59 Å². The number of carbonyl (C=O) groups excluding carboxylic acids is 1. The van der Waals surface area contributed by atoms with Crippen LogP contribution in [0.25, 0.3) is 0 Å². The number of hydrogen-bond donors (Lipinski definition) is 1. The number of carboxylic acids is 1. The molecule has 0 unspecified atom stereocenters. The summed E-state index contributed by atoms with van der Waals surface area (Å²) in [5.74, 6) is -0.912. The fraction of sp³-hybridized carbons (Fsp3) is 0.364. The zero-order chi connectivity index (χ0) is 11.9. The van der Waals surface area contributed by atoms with Gasteiger partial charge < -0.3 is 5.11 Å². The number of fused-ring (bicyclic) bond motifs is 1. The number of nitrogens with zero attached hydrogens (tertiary/aromatic N) is 2. The van der Waals surface area contributed by atoms with Crippen LogP contribution in [-0.2, 0) is 9.59 Å². The summed E-state index contributed by atoms with van der Waals surface area (Å²) in [5, 5.41) is 9.05. The first-order valence-electron chi connectivity index (χ1n) is 4.94. The summed E-state index contributed by atoms with van der Waals surface area (Å²) >= 11 is 0. The first-order valence-corrected chi connectivity index (χ1v) is 4.94. The molecule has 1 atom stereocenters. The Morgan fingerprint density at radius 3 is 2.94 bits per heavy atom. The summed E-state index contributed by atoms with van der Waals surface area (Å²) in [6.45, 7) is 3.33. The van der Waals surface area contributed by atoms with Crippen LogP contribution in [0.15, 0.2) is 28.9 Å². The van der Waals surface area contributed by atoms with Crippen LogP contribution in [0.4, 0.5) is 0 Å². The van der Waals surface area contributed by atoms with E-state index in [-0.39, 0.29) is 12.3 Å². The highest BCUT2D eigenvalue weighted by Crippen LogP contribution is 2.26. The van der Waals surface area contributed by atoms with Crippen LogP contribution in [0.3, 0.4) is 0 Å². The normalized spacial score (nSPS) is 28.4. The lowest BCUT2D eigenvalue weighted by molar-refractivity contribution is -0.146. The first kappa shape index (κ1) is 10.6. The molecule has 0 fully saturated rings. The van der Waals surface area contributed by atoms with Crippen LogP contribution in [0.1, 0.15) is 20.3 Å². The number of amides is 1. The van der Waals surface area contributed by atoms with E-state index in [2.05, 4.69) is 4.99 Å². The number of rotatable bonds is 1. The smallest absolute Gasteiger partial charge is 0.331 e. The summed E-state index contributed by atoms with van der Waals surface area (Å²) in [6.07, 6.45) is 5.01. The Kier molecular flexibility index (Phi) is 2.18. The van der Waals surface area contributed by atoms with Crippen molar-refractivity contribution in [2.24, 2.45) is 4.99 Å². The molecular formula is C11H12N2O3. The van der Waals surface area contributed by atoms with Gasteiger partial charge in [0.1, 0.15) is 5.84 Å². The highest BCUT2D eigenvalue weighted by atomic mass is 16.4. The second kappa shape index (κ2) is 3.30. The molecule has 0 aromatic heterocycles. The lowest BCUT2D eigenvalue weighted by atomic mass is 9.95. The van der Waals surface area contributed by atoms with Gasteiger partial charge in [-0.15, -0.1) is 0 Å². The average Bonchev–Trinajstić information content (AvgIpc) is 2.16. The molecule has 0 saturated heterocycles. The summed E-state index contributed by atoms with van der Waals surface area (Å²) in [4.78, 5) is 28.3. The molecule has 84 valence electrons. The number of carbonyl (C=O) groups is 2. The molecule has 1 N–H and O–H groups in total. The second-order valence-electron chi connectivity index (χ2n) is 4.19. The molecule has 2 aliphatic rings. The van der Waals surface area contributed by atoms with Gasteiger partial charge in [-0.3, -0.25) is 9.69 Å². The molecule has 0 saturated carbocycles. The van der Waals surface area contributed by atoms with Crippen molar-refractivity contribution in [3.05, 3.63) is 23.9 Å². The van der Waals surface area contributed by atoms with Gasteiger partial charge in [0.2, 0.25) is 5.91 Å². The molecule has 5 heteroatoms. The van der Waals surface area contributed by atoms with E-state index < -0.39 is 11.5 Å². The highest BCUT2D eigenvalue weighted by Gasteiger charge is 2.41. The molecule has 2 heterocycles. The number of carboxylic acid groups (broad SMARTS) is 1. The fourth-order valence-corrected chi connectivity index (χ4v) is 1.68. The van der Waals surface area contributed by atoms with Crippen LogP contribution in [0.5, 0.6) is 0 Å². The van der Waals surface area contributed by atoms with Crippen molar-refractivity contribution < 1.29 is 14.7 Å². The Hall–Kier alpha value is -1.91. The van der Waals surface area contributed by atoms with Gasteiger partial charge in [0, 0.05) is 6.20 Å². The molecule has 16 heavy (non-hydrogen) atoms. The third kappa shape index (κ3) is 1.54. The Balaban J connectivity index is 2.48. The Bertz CT molecular complexity index is 462. The summed E-state index contributed by atoms with van der Waals surface area (Å²) in [7, 11) is 0. The second-order valence-corrected chi connectivity index (χ2v) is 4.19. The van der Waals surface area contributed by atoms with Crippen molar-refractivity contribution in [3.63, 3.8) is 0 Å². The van der Waals surface area contributed by atoms with E-state index in [1.54, 1.807) is 18.4 Å². The van der Waals surface area contributed by atoms with Crippen molar-refractivity contribution >= 4 is 17.7 Å². The zero-order valence-electron chi connectivity index (χ0n) is 9.10. The summed E-state index contributed by atoms with van der Waals surface area (Å²) < 4.78 is 0. The Morgan fingerprint density at radius 2 is 2.31 bits per heavy atom. The number of amidine groups is 1. The van der Waals surface area contributed by atoms with E-state index >= 15 is 0 Å². The van der Waals surface area contributed by atoms with Gasteiger partial charge in [0.05, 0.1) is 6.42 Å². The van der Waals surface area contributed by atoms with Crippen LogP contribution in [0, 0.1) is 0 Å².